The van der Waals surface area contributed by atoms with Gasteiger partial charge < -0.3 is 14.3 Å². The first kappa shape index (κ1) is 13.7. The van der Waals surface area contributed by atoms with Gasteiger partial charge in [0.25, 0.3) is 0 Å². The summed E-state index contributed by atoms with van der Waals surface area (Å²) in [4.78, 5) is 2.85. The van der Waals surface area contributed by atoms with Crippen LogP contribution in [0.1, 0.15) is 25.8 Å². The standard InChI is InChI=1S/C14H16F2N2OS/c1-8(9-2-4-19-5-3-9)18-12-7-10(15)6-11(16)13(12)17-14(18)20/h6-9H,2-5H2,1H3,(H,17,20). The zero-order valence-electron chi connectivity index (χ0n) is 11.2. The van der Waals surface area contributed by atoms with Crippen LogP contribution >= 0.6 is 12.2 Å². The third-order valence-corrected chi connectivity index (χ3v) is 4.40. The van der Waals surface area contributed by atoms with Gasteiger partial charge in [0.05, 0.1) is 5.52 Å². The van der Waals surface area contributed by atoms with Crippen molar-refractivity contribution in [3.63, 3.8) is 0 Å². The molecule has 2 heterocycles. The Kier molecular flexibility index (Phi) is 3.60. The summed E-state index contributed by atoms with van der Waals surface area (Å²) in [6, 6.07) is 2.29. The third-order valence-electron chi connectivity index (χ3n) is 4.10. The first-order chi connectivity index (χ1) is 9.58. The van der Waals surface area contributed by atoms with E-state index in [0.717, 1.165) is 32.1 Å². The molecule has 6 heteroatoms. The zero-order valence-corrected chi connectivity index (χ0v) is 12.0. The molecule has 0 radical (unpaired) electrons. The van der Waals surface area contributed by atoms with E-state index in [1.807, 2.05) is 11.5 Å². The van der Waals surface area contributed by atoms with E-state index in [-0.39, 0.29) is 11.6 Å². The number of aromatic amines is 1. The quantitative estimate of drug-likeness (QED) is 0.850. The molecule has 3 rings (SSSR count). The first-order valence-corrected chi connectivity index (χ1v) is 7.15. The van der Waals surface area contributed by atoms with E-state index < -0.39 is 11.6 Å². The Morgan fingerprint density at radius 2 is 2.05 bits per heavy atom. The number of imidazole rings is 1. The van der Waals surface area contributed by atoms with Gasteiger partial charge in [0.1, 0.15) is 11.3 Å². The van der Waals surface area contributed by atoms with Gasteiger partial charge in [0.15, 0.2) is 10.6 Å². The second kappa shape index (κ2) is 5.26. The van der Waals surface area contributed by atoms with Crippen LogP contribution in [0, 0.1) is 22.3 Å². The molecule has 1 aliphatic rings. The minimum atomic E-state index is -0.607. The van der Waals surface area contributed by atoms with Crippen molar-refractivity contribution in [1.82, 2.24) is 9.55 Å². The number of H-pyrrole nitrogens is 1. The molecular weight excluding hydrogens is 282 g/mol. The minimum Gasteiger partial charge on any atom is -0.381 e. The van der Waals surface area contributed by atoms with Gasteiger partial charge in [0.2, 0.25) is 0 Å². The Hall–Kier alpha value is -1.27. The maximum atomic E-state index is 13.8. The lowest BCUT2D eigenvalue weighted by atomic mass is 9.92. The summed E-state index contributed by atoms with van der Waals surface area (Å²) in [5.41, 5.74) is 0.766. The molecule has 2 aromatic rings. The predicted molar refractivity (Wildman–Crippen MR) is 75.3 cm³/mol. The van der Waals surface area contributed by atoms with Crippen molar-refractivity contribution in [3.05, 3.63) is 28.5 Å². The van der Waals surface area contributed by atoms with Gasteiger partial charge in [-0.15, -0.1) is 0 Å². The maximum Gasteiger partial charge on any atom is 0.178 e. The summed E-state index contributed by atoms with van der Waals surface area (Å²) in [6.45, 7) is 3.50. The molecule has 0 aliphatic carbocycles. The number of nitrogens with zero attached hydrogens (tertiary/aromatic N) is 1. The first-order valence-electron chi connectivity index (χ1n) is 6.75. The van der Waals surface area contributed by atoms with Crippen molar-refractivity contribution in [3.8, 4) is 0 Å². The van der Waals surface area contributed by atoms with Crippen LogP contribution < -0.4 is 0 Å². The monoisotopic (exact) mass is 298 g/mol. The minimum absolute atomic E-state index is 0.0846. The summed E-state index contributed by atoms with van der Waals surface area (Å²) in [6.07, 6.45) is 1.88. The van der Waals surface area contributed by atoms with Gasteiger partial charge in [0, 0.05) is 25.3 Å². The van der Waals surface area contributed by atoms with E-state index in [1.54, 1.807) is 0 Å². The Morgan fingerprint density at radius 3 is 2.75 bits per heavy atom. The zero-order chi connectivity index (χ0) is 14.3. The van der Waals surface area contributed by atoms with Crippen LogP contribution in [-0.4, -0.2) is 22.8 Å². The van der Waals surface area contributed by atoms with Crippen molar-refractivity contribution >= 4 is 23.3 Å². The second-order valence-corrected chi connectivity index (χ2v) is 5.66. The molecule has 0 saturated carbocycles. The number of fused-ring (bicyclic) bond motifs is 1. The number of hydrogen-bond acceptors (Lipinski definition) is 2. The van der Waals surface area contributed by atoms with Crippen LogP contribution in [0.4, 0.5) is 8.78 Å². The lowest BCUT2D eigenvalue weighted by Crippen LogP contribution is -2.24. The summed E-state index contributed by atoms with van der Waals surface area (Å²) in [5, 5.41) is 0. The van der Waals surface area contributed by atoms with E-state index in [9.17, 15) is 8.78 Å². The van der Waals surface area contributed by atoms with Crippen LogP contribution in [0.15, 0.2) is 12.1 Å². The number of hydrogen-bond donors (Lipinski definition) is 1. The fourth-order valence-corrected chi connectivity index (χ4v) is 3.33. The van der Waals surface area contributed by atoms with E-state index in [1.165, 1.54) is 6.07 Å². The van der Waals surface area contributed by atoms with Crippen molar-refractivity contribution in [2.75, 3.05) is 13.2 Å². The van der Waals surface area contributed by atoms with E-state index >= 15 is 0 Å². The Labute approximate surface area is 120 Å². The highest BCUT2D eigenvalue weighted by molar-refractivity contribution is 7.71. The maximum absolute atomic E-state index is 13.8. The van der Waals surface area contributed by atoms with E-state index in [2.05, 4.69) is 4.98 Å². The van der Waals surface area contributed by atoms with Crippen LogP contribution in [0.3, 0.4) is 0 Å². The number of aromatic nitrogens is 2. The topological polar surface area (TPSA) is 29.9 Å². The summed E-state index contributed by atoms with van der Waals surface area (Å²) in [7, 11) is 0. The SMILES string of the molecule is CC(C1CCOCC1)n1c(=S)[nH]c2c(F)cc(F)cc21. The fraction of sp³-hybridized carbons (Fsp3) is 0.500. The Balaban J connectivity index is 2.10. The molecule has 1 aromatic heterocycles. The molecule has 0 amide bonds. The van der Waals surface area contributed by atoms with Gasteiger partial charge in [-0.3, -0.25) is 0 Å². The highest BCUT2D eigenvalue weighted by atomic mass is 32.1. The smallest absolute Gasteiger partial charge is 0.178 e. The summed E-state index contributed by atoms with van der Waals surface area (Å²) >= 11 is 5.29. The van der Waals surface area contributed by atoms with E-state index in [4.69, 9.17) is 17.0 Å². The normalized spacial score (nSPS) is 18.6. The molecule has 20 heavy (non-hydrogen) atoms. The molecule has 1 saturated heterocycles. The van der Waals surface area contributed by atoms with Crippen molar-refractivity contribution in [2.24, 2.45) is 5.92 Å². The number of nitrogens with one attached hydrogen (secondary N) is 1. The molecule has 3 nitrogen and oxygen atoms in total. The molecule has 1 fully saturated rings. The fourth-order valence-electron chi connectivity index (χ4n) is 2.96. The van der Waals surface area contributed by atoms with Gasteiger partial charge in [-0.05, 0) is 44.0 Å². The largest absolute Gasteiger partial charge is 0.381 e. The number of ether oxygens (including phenoxy) is 1. The molecule has 1 N–H and O–H groups in total. The van der Waals surface area contributed by atoms with E-state index in [0.29, 0.717) is 16.2 Å². The van der Waals surface area contributed by atoms with Crippen molar-refractivity contribution in [2.45, 2.75) is 25.8 Å². The predicted octanol–water partition coefficient (Wildman–Crippen LogP) is 3.96. The number of benzene rings is 1. The van der Waals surface area contributed by atoms with Crippen LogP contribution in [0.25, 0.3) is 11.0 Å². The highest BCUT2D eigenvalue weighted by Gasteiger charge is 2.24. The van der Waals surface area contributed by atoms with Crippen LogP contribution in [0.2, 0.25) is 0 Å². The van der Waals surface area contributed by atoms with Crippen LogP contribution in [-0.2, 0) is 4.74 Å². The molecule has 108 valence electrons. The lowest BCUT2D eigenvalue weighted by Gasteiger charge is -2.29. The molecule has 1 unspecified atom stereocenters. The van der Waals surface area contributed by atoms with Crippen molar-refractivity contribution in [1.29, 1.82) is 0 Å². The summed E-state index contributed by atoms with van der Waals surface area (Å²) in [5.74, 6) is -0.790. The second-order valence-electron chi connectivity index (χ2n) is 5.27. The molecular formula is C14H16F2N2OS. The molecule has 1 atom stereocenters. The Morgan fingerprint density at radius 1 is 1.35 bits per heavy atom. The highest BCUT2D eigenvalue weighted by Crippen LogP contribution is 2.31. The molecule has 0 bridgehead atoms. The van der Waals surface area contributed by atoms with Gasteiger partial charge in [-0.1, -0.05) is 0 Å². The van der Waals surface area contributed by atoms with Gasteiger partial charge in [-0.25, -0.2) is 8.78 Å². The molecule has 1 aromatic carbocycles. The molecule has 1 aliphatic heterocycles. The molecule has 0 spiro atoms. The van der Waals surface area contributed by atoms with Crippen LogP contribution in [0.5, 0.6) is 0 Å². The lowest BCUT2D eigenvalue weighted by molar-refractivity contribution is 0.0517. The number of rotatable bonds is 2. The average molecular weight is 298 g/mol. The number of halogens is 2. The third kappa shape index (κ3) is 2.27. The summed E-state index contributed by atoms with van der Waals surface area (Å²) < 4.78 is 34.9. The van der Waals surface area contributed by atoms with Gasteiger partial charge >= 0.3 is 0 Å². The van der Waals surface area contributed by atoms with Crippen molar-refractivity contribution < 1.29 is 13.5 Å². The average Bonchev–Trinajstić information content (AvgIpc) is 2.76. The van der Waals surface area contributed by atoms with Gasteiger partial charge in [-0.2, -0.15) is 0 Å². The Bertz CT molecular complexity index is 688.